The van der Waals surface area contributed by atoms with Gasteiger partial charge in [0.25, 0.3) is 5.91 Å². The Morgan fingerprint density at radius 3 is 2.68 bits per heavy atom. The average Bonchev–Trinajstić information content (AvgIpc) is 2.50. The first kappa shape index (κ1) is 20.1. The van der Waals surface area contributed by atoms with Gasteiger partial charge in [-0.25, -0.2) is 0 Å². The molecule has 0 bridgehead atoms. The molecule has 0 saturated carbocycles. The summed E-state index contributed by atoms with van der Waals surface area (Å²) >= 11 is 0. The maximum absolute atomic E-state index is 12.1. The molecule has 124 valence electrons. The molecule has 0 aliphatic heterocycles. The number of benzene rings is 1. The number of ether oxygens (including phenoxy) is 1. The van der Waals surface area contributed by atoms with Gasteiger partial charge in [-0.3, -0.25) is 14.9 Å². The first-order valence-corrected chi connectivity index (χ1v) is 6.86. The summed E-state index contributed by atoms with van der Waals surface area (Å²) in [6.07, 6.45) is 2.81. The molecular formula is C14H22ClN3O4. The molecule has 0 aliphatic rings. The van der Waals surface area contributed by atoms with Crippen molar-refractivity contribution in [1.29, 1.82) is 0 Å². The predicted molar refractivity (Wildman–Crippen MR) is 86.7 cm³/mol. The van der Waals surface area contributed by atoms with E-state index >= 15 is 0 Å². The molecule has 7 nitrogen and oxygen atoms in total. The second kappa shape index (κ2) is 9.97. The Bertz CT molecular complexity index is 511. The van der Waals surface area contributed by atoms with Crippen molar-refractivity contribution in [2.75, 3.05) is 13.7 Å². The zero-order valence-electron chi connectivity index (χ0n) is 12.7. The summed E-state index contributed by atoms with van der Waals surface area (Å²) in [5.41, 5.74) is 5.77. The van der Waals surface area contributed by atoms with Crippen molar-refractivity contribution < 1.29 is 14.5 Å². The van der Waals surface area contributed by atoms with E-state index in [1.807, 2.05) is 0 Å². The van der Waals surface area contributed by atoms with E-state index in [9.17, 15) is 14.9 Å². The molecule has 0 heterocycles. The standard InChI is InChI=1S/C14H21N3O4.ClH/c1-3-4-5-11(9-15)16-14(18)10-6-7-12(17(19)20)13(8-10)21-2;/h6-8,11H,3-5,9,15H2,1-2H3,(H,16,18);1H. The zero-order valence-corrected chi connectivity index (χ0v) is 13.5. The average molecular weight is 332 g/mol. The number of nitrogens with two attached hydrogens (primary N) is 1. The fourth-order valence-corrected chi connectivity index (χ4v) is 1.94. The van der Waals surface area contributed by atoms with Crippen LogP contribution in [0.1, 0.15) is 36.5 Å². The van der Waals surface area contributed by atoms with Crippen molar-refractivity contribution in [1.82, 2.24) is 5.32 Å². The third kappa shape index (κ3) is 5.50. The van der Waals surface area contributed by atoms with Crippen LogP contribution in [0, 0.1) is 10.1 Å². The molecule has 1 rings (SSSR count). The number of hydrogen-bond donors (Lipinski definition) is 2. The number of carbonyl (C=O) groups excluding carboxylic acids is 1. The van der Waals surface area contributed by atoms with Crippen LogP contribution >= 0.6 is 12.4 Å². The van der Waals surface area contributed by atoms with E-state index in [1.54, 1.807) is 0 Å². The van der Waals surface area contributed by atoms with Crippen LogP contribution in [-0.4, -0.2) is 30.5 Å². The van der Waals surface area contributed by atoms with Crippen molar-refractivity contribution in [2.45, 2.75) is 32.2 Å². The third-order valence-electron chi connectivity index (χ3n) is 3.16. The van der Waals surface area contributed by atoms with Crippen LogP contribution in [0.3, 0.4) is 0 Å². The van der Waals surface area contributed by atoms with Gasteiger partial charge in [-0.1, -0.05) is 19.8 Å². The second-order valence-electron chi connectivity index (χ2n) is 4.69. The summed E-state index contributed by atoms with van der Waals surface area (Å²) in [5, 5.41) is 13.6. The molecule has 8 heteroatoms. The van der Waals surface area contributed by atoms with Crippen molar-refractivity contribution in [2.24, 2.45) is 5.73 Å². The molecule has 1 unspecified atom stereocenters. The Balaban J connectivity index is 0.00000441. The van der Waals surface area contributed by atoms with Gasteiger partial charge in [-0.05, 0) is 12.5 Å². The molecule has 0 fully saturated rings. The van der Waals surface area contributed by atoms with Gasteiger partial charge in [0.05, 0.1) is 12.0 Å². The first-order valence-electron chi connectivity index (χ1n) is 6.86. The van der Waals surface area contributed by atoms with Gasteiger partial charge < -0.3 is 15.8 Å². The number of nitrogens with zero attached hydrogens (tertiary/aromatic N) is 1. The van der Waals surface area contributed by atoms with Gasteiger partial charge in [0.2, 0.25) is 0 Å². The summed E-state index contributed by atoms with van der Waals surface area (Å²) in [7, 11) is 1.33. The van der Waals surface area contributed by atoms with Gasteiger partial charge in [0.1, 0.15) is 0 Å². The number of halogens is 1. The van der Waals surface area contributed by atoms with Crippen LogP contribution in [0.4, 0.5) is 5.69 Å². The van der Waals surface area contributed by atoms with Crippen LogP contribution < -0.4 is 15.8 Å². The normalized spacial score (nSPS) is 11.2. The fraction of sp³-hybridized carbons (Fsp3) is 0.500. The summed E-state index contributed by atoms with van der Waals surface area (Å²) in [4.78, 5) is 22.4. The highest BCUT2D eigenvalue weighted by Crippen LogP contribution is 2.27. The Morgan fingerprint density at radius 2 is 2.18 bits per heavy atom. The van der Waals surface area contributed by atoms with Gasteiger partial charge >= 0.3 is 5.69 Å². The third-order valence-corrected chi connectivity index (χ3v) is 3.16. The molecule has 3 N–H and O–H groups in total. The lowest BCUT2D eigenvalue weighted by Crippen LogP contribution is -2.40. The highest BCUT2D eigenvalue weighted by Gasteiger charge is 2.18. The van der Waals surface area contributed by atoms with E-state index in [-0.39, 0.29) is 35.8 Å². The predicted octanol–water partition coefficient (Wildman–Crippen LogP) is 2.27. The second-order valence-corrected chi connectivity index (χ2v) is 4.69. The molecule has 0 aliphatic carbocycles. The number of nitro groups is 1. The minimum absolute atomic E-state index is 0. The van der Waals surface area contributed by atoms with Gasteiger partial charge in [-0.2, -0.15) is 0 Å². The van der Waals surface area contributed by atoms with Gasteiger partial charge in [0.15, 0.2) is 5.75 Å². The number of nitro benzene ring substituents is 1. The molecule has 1 atom stereocenters. The minimum Gasteiger partial charge on any atom is -0.490 e. The lowest BCUT2D eigenvalue weighted by atomic mass is 10.1. The van der Waals surface area contributed by atoms with Crippen LogP contribution in [0.15, 0.2) is 18.2 Å². The van der Waals surface area contributed by atoms with Crippen LogP contribution in [0.5, 0.6) is 5.75 Å². The van der Waals surface area contributed by atoms with E-state index in [4.69, 9.17) is 10.5 Å². The van der Waals surface area contributed by atoms with Crippen molar-refractivity contribution in [3.63, 3.8) is 0 Å². The molecule has 0 saturated heterocycles. The SMILES string of the molecule is CCCCC(CN)NC(=O)c1ccc([N+](=O)[O-])c(OC)c1.Cl. The number of rotatable bonds is 8. The van der Waals surface area contributed by atoms with E-state index < -0.39 is 4.92 Å². The molecule has 1 aromatic rings. The van der Waals surface area contributed by atoms with E-state index in [0.29, 0.717) is 12.1 Å². The smallest absolute Gasteiger partial charge is 0.310 e. The largest absolute Gasteiger partial charge is 0.490 e. The highest BCUT2D eigenvalue weighted by molar-refractivity contribution is 5.95. The Labute approximate surface area is 135 Å². The van der Waals surface area contributed by atoms with Crippen molar-refractivity contribution in [3.8, 4) is 5.75 Å². The maximum atomic E-state index is 12.1. The molecule has 0 spiro atoms. The molecule has 1 aromatic carbocycles. The van der Waals surface area contributed by atoms with Crippen molar-refractivity contribution >= 4 is 24.0 Å². The zero-order chi connectivity index (χ0) is 15.8. The molecule has 0 aromatic heterocycles. The van der Waals surface area contributed by atoms with Crippen LogP contribution in [-0.2, 0) is 0 Å². The monoisotopic (exact) mass is 331 g/mol. The van der Waals surface area contributed by atoms with E-state index in [2.05, 4.69) is 12.2 Å². The number of carbonyl (C=O) groups is 1. The lowest BCUT2D eigenvalue weighted by Gasteiger charge is -2.16. The minimum atomic E-state index is -0.551. The molecule has 1 amide bonds. The van der Waals surface area contributed by atoms with Crippen LogP contribution in [0.2, 0.25) is 0 Å². The summed E-state index contributed by atoms with van der Waals surface area (Å²) < 4.78 is 4.95. The Morgan fingerprint density at radius 1 is 1.50 bits per heavy atom. The first-order chi connectivity index (χ1) is 10.0. The molecular weight excluding hydrogens is 310 g/mol. The molecule has 0 radical (unpaired) electrons. The number of nitrogens with one attached hydrogen (secondary N) is 1. The number of hydrogen-bond acceptors (Lipinski definition) is 5. The van der Waals surface area contributed by atoms with E-state index in [0.717, 1.165) is 19.3 Å². The summed E-state index contributed by atoms with van der Waals surface area (Å²) in [6, 6.07) is 3.93. The van der Waals surface area contributed by atoms with Crippen LogP contribution in [0.25, 0.3) is 0 Å². The number of unbranched alkanes of at least 4 members (excludes halogenated alkanes) is 1. The van der Waals surface area contributed by atoms with E-state index in [1.165, 1.54) is 25.3 Å². The lowest BCUT2D eigenvalue weighted by molar-refractivity contribution is -0.385. The maximum Gasteiger partial charge on any atom is 0.310 e. The number of amides is 1. The summed E-state index contributed by atoms with van der Waals surface area (Å²) in [6.45, 7) is 2.42. The number of methoxy groups -OCH3 is 1. The fourth-order valence-electron chi connectivity index (χ4n) is 1.94. The molecule has 22 heavy (non-hydrogen) atoms. The van der Waals surface area contributed by atoms with Gasteiger partial charge in [0, 0.05) is 30.3 Å². The highest BCUT2D eigenvalue weighted by atomic mass is 35.5. The Kier molecular flexibility index (Phi) is 9.12. The Hall–Kier alpha value is -1.86. The quantitative estimate of drug-likeness (QED) is 0.561. The van der Waals surface area contributed by atoms with Crippen molar-refractivity contribution in [3.05, 3.63) is 33.9 Å². The summed E-state index contributed by atoms with van der Waals surface area (Å²) in [5.74, 6) is -0.250. The topological polar surface area (TPSA) is 107 Å². The van der Waals surface area contributed by atoms with Gasteiger partial charge in [-0.15, -0.1) is 12.4 Å².